The van der Waals surface area contributed by atoms with Crippen LogP contribution in [0.15, 0.2) is 0 Å². The lowest BCUT2D eigenvalue weighted by Crippen LogP contribution is -2.63. The molecule has 1 aliphatic rings. The highest BCUT2D eigenvalue weighted by molar-refractivity contribution is 5.75. The first-order valence-corrected chi connectivity index (χ1v) is 9.42. The topological polar surface area (TPSA) is 155 Å². The third-order valence-corrected chi connectivity index (χ3v) is 4.28. The van der Waals surface area contributed by atoms with E-state index in [-0.39, 0.29) is 18.9 Å². The molecule has 27 heavy (non-hydrogen) atoms. The molecule has 6 N–H and O–H groups in total. The van der Waals surface area contributed by atoms with Crippen LogP contribution in [0.25, 0.3) is 0 Å². The molecule has 10 nitrogen and oxygen atoms in total. The molecule has 1 rings (SSSR count). The van der Waals surface area contributed by atoms with E-state index in [0.717, 1.165) is 30.6 Å². The normalized spacial score (nSPS) is 25.4. The summed E-state index contributed by atoms with van der Waals surface area (Å²) in [5.74, 6) is -0.659. The van der Waals surface area contributed by atoms with Gasteiger partial charge in [0.05, 0.1) is 13.2 Å². The molecule has 0 aromatic rings. The van der Waals surface area contributed by atoms with Gasteiger partial charge in [-0.2, -0.15) is 0 Å². The van der Waals surface area contributed by atoms with Gasteiger partial charge in [0.2, 0.25) is 18.1 Å². The third kappa shape index (κ3) is 8.08. The van der Waals surface area contributed by atoms with E-state index >= 15 is 0 Å². The van der Waals surface area contributed by atoms with Crippen molar-refractivity contribution >= 4 is 11.8 Å². The highest BCUT2D eigenvalue weighted by Gasteiger charge is 2.44. The van der Waals surface area contributed by atoms with Gasteiger partial charge >= 0.3 is 0 Å². The number of aliphatic hydroxyl groups excluding tert-OH is 3. The first-order chi connectivity index (χ1) is 12.9. The number of nitrogens with two attached hydrogens (primary N) is 1. The van der Waals surface area contributed by atoms with Crippen molar-refractivity contribution in [3.63, 3.8) is 0 Å². The van der Waals surface area contributed by atoms with E-state index in [0.29, 0.717) is 19.5 Å². The minimum absolute atomic E-state index is 0.0865. The Bertz CT molecular complexity index is 452. The number of hydrogen-bond acceptors (Lipinski definition) is 8. The number of morpholine rings is 1. The molecule has 0 saturated carbocycles. The Kier molecular flexibility index (Phi) is 11.4. The Balaban J connectivity index is 2.26. The predicted molar refractivity (Wildman–Crippen MR) is 96.0 cm³/mol. The Morgan fingerprint density at radius 3 is 2.48 bits per heavy atom. The summed E-state index contributed by atoms with van der Waals surface area (Å²) in [5.41, 5.74) is 5.42. The Morgan fingerprint density at radius 1 is 1.15 bits per heavy atom. The molecule has 0 aromatic heterocycles. The van der Waals surface area contributed by atoms with Gasteiger partial charge in [-0.1, -0.05) is 12.8 Å². The molecule has 2 amide bonds. The van der Waals surface area contributed by atoms with Gasteiger partial charge in [-0.05, 0) is 25.8 Å². The summed E-state index contributed by atoms with van der Waals surface area (Å²) in [4.78, 5) is 24.1. The van der Waals surface area contributed by atoms with Crippen LogP contribution in [0.3, 0.4) is 0 Å². The zero-order chi connectivity index (χ0) is 20.2. The van der Waals surface area contributed by atoms with Crippen molar-refractivity contribution in [1.82, 2.24) is 10.2 Å². The van der Waals surface area contributed by atoms with Crippen LogP contribution >= 0.6 is 0 Å². The second-order valence-corrected chi connectivity index (χ2v) is 6.51. The second-order valence-electron chi connectivity index (χ2n) is 6.51. The first kappa shape index (κ1) is 23.7. The summed E-state index contributed by atoms with van der Waals surface area (Å²) in [7, 11) is 0. The van der Waals surface area contributed by atoms with Gasteiger partial charge < -0.3 is 35.8 Å². The molecule has 0 aliphatic carbocycles. The maximum atomic E-state index is 11.7. The maximum absolute atomic E-state index is 11.7. The molecular formula is C17H33N3O7. The molecule has 0 spiro atoms. The number of amides is 2. The first-order valence-electron chi connectivity index (χ1n) is 9.42. The number of rotatable bonds is 12. The number of nitrogens with zero attached hydrogens (tertiary/aromatic N) is 1. The third-order valence-electron chi connectivity index (χ3n) is 4.28. The SMILES string of the molecule is CC(=O)N1C(O)C(OCCCC(=O)NCCCCCCN)O[C@@H](CO)[C@H]1O. The summed E-state index contributed by atoms with van der Waals surface area (Å²) >= 11 is 0. The van der Waals surface area contributed by atoms with Crippen LogP contribution in [0, 0.1) is 0 Å². The van der Waals surface area contributed by atoms with E-state index in [4.69, 9.17) is 15.2 Å². The molecular weight excluding hydrogens is 358 g/mol. The fourth-order valence-electron chi connectivity index (χ4n) is 2.79. The fraction of sp³-hybridized carbons (Fsp3) is 0.882. The van der Waals surface area contributed by atoms with Gasteiger partial charge in [0, 0.05) is 19.9 Å². The van der Waals surface area contributed by atoms with Crippen LogP contribution in [0.5, 0.6) is 0 Å². The van der Waals surface area contributed by atoms with E-state index < -0.39 is 37.4 Å². The standard InChI is InChI=1S/C17H33N3O7/c1-12(22)20-15(24)13(11-21)27-17(16(20)25)26-10-6-7-14(23)19-9-5-3-2-4-8-18/h13,15-17,21,24-25H,2-11,18H2,1H3,(H,19,23)/t13-,15+,16?,17?/m0/s1. The minimum atomic E-state index is -1.50. The van der Waals surface area contributed by atoms with Crippen molar-refractivity contribution in [2.45, 2.75) is 70.3 Å². The molecule has 1 saturated heterocycles. The molecule has 0 aromatic carbocycles. The monoisotopic (exact) mass is 391 g/mol. The van der Waals surface area contributed by atoms with E-state index in [1.54, 1.807) is 0 Å². The second kappa shape index (κ2) is 13.0. The van der Waals surface area contributed by atoms with Crippen LogP contribution in [0.2, 0.25) is 0 Å². The number of ether oxygens (including phenoxy) is 2. The van der Waals surface area contributed by atoms with E-state index in [1.807, 2.05) is 0 Å². The highest BCUT2D eigenvalue weighted by atomic mass is 16.7. The lowest BCUT2D eigenvalue weighted by Gasteiger charge is -2.44. The maximum Gasteiger partial charge on any atom is 0.223 e. The molecule has 1 heterocycles. The molecule has 10 heteroatoms. The molecule has 4 atom stereocenters. The summed E-state index contributed by atoms with van der Waals surface area (Å²) in [6.07, 6.45) is -0.588. The van der Waals surface area contributed by atoms with Crippen molar-refractivity contribution in [2.75, 3.05) is 26.3 Å². The molecule has 1 aliphatic heterocycles. The highest BCUT2D eigenvalue weighted by Crippen LogP contribution is 2.22. The van der Waals surface area contributed by atoms with Crippen LogP contribution in [0.4, 0.5) is 0 Å². The molecule has 0 bridgehead atoms. The number of nitrogens with one attached hydrogen (secondary N) is 1. The van der Waals surface area contributed by atoms with Crippen molar-refractivity contribution in [2.24, 2.45) is 5.73 Å². The van der Waals surface area contributed by atoms with Gasteiger partial charge in [-0.15, -0.1) is 0 Å². The number of unbranched alkanes of at least 4 members (excludes halogenated alkanes) is 3. The lowest BCUT2D eigenvalue weighted by molar-refractivity contribution is -0.324. The molecule has 158 valence electrons. The average Bonchev–Trinajstić information content (AvgIpc) is 2.63. The van der Waals surface area contributed by atoms with Crippen LogP contribution in [-0.2, 0) is 19.1 Å². The number of aliphatic hydroxyl groups is 3. The predicted octanol–water partition coefficient (Wildman–Crippen LogP) is -1.38. The van der Waals surface area contributed by atoms with Crippen molar-refractivity contribution in [1.29, 1.82) is 0 Å². The lowest BCUT2D eigenvalue weighted by atomic mass is 10.2. The fourth-order valence-corrected chi connectivity index (χ4v) is 2.79. The summed E-state index contributed by atoms with van der Waals surface area (Å²) in [6.45, 7) is 2.08. The minimum Gasteiger partial charge on any atom is -0.393 e. The number of hydrogen-bond donors (Lipinski definition) is 5. The van der Waals surface area contributed by atoms with Crippen LogP contribution in [0.1, 0.15) is 45.4 Å². The van der Waals surface area contributed by atoms with Crippen molar-refractivity contribution in [3.8, 4) is 0 Å². The van der Waals surface area contributed by atoms with E-state index in [9.17, 15) is 24.9 Å². The van der Waals surface area contributed by atoms with E-state index in [2.05, 4.69) is 5.32 Å². The number of carbonyl (C=O) groups is 2. The Morgan fingerprint density at radius 2 is 1.85 bits per heavy atom. The molecule has 0 radical (unpaired) electrons. The van der Waals surface area contributed by atoms with Gasteiger partial charge in [-0.25, -0.2) is 0 Å². The van der Waals surface area contributed by atoms with Gasteiger partial charge in [0.25, 0.3) is 0 Å². The van der Waals surface area contributed by atoms with Gasteiger partial charge in [-0.3, -0.25) is 14.5 Å². The van der Waals surface area contributed by atoms with E-state index in [1.165, 1.54) is 6.92 Å². The van der Waals surface area contributed by atoms with Crippen LogP contribution in [-0.4, -0.2) is 83.2 Å². The summed E-state index contributed by atoms with van der Waals surface area (Å²) in [5, 5.41) is 32.1. The summed E-state index contributed by atoms with van der Waals surface area (Å²) < 4.78 is 10.7. The summed E-state index contributed by atoms with van der Waals surface area (Å²) in [6, 6.07) is 0. The zero-order valence-electron chi connectivity index (χ0n) is 15.9. The smallest absolute Gasteiger partial charge is 0.223 e. The molecule has 2 unspecified atom stereocenters. The van der Waals surface area contributed by atoms with Crippen molar-refractivity contribution < 1.29 is 34.4 Å². The van der Waals surface area contributed by atoms with Crippen LogP contribution < -0.4 is 11.1 Å². The largest absolute Gasteiger partial charge is 0.393 e. The molecule has 1 fully saturated rings. The zero-order valence-corrected chi connectivity index (χ0v) is 15.9. The van der Waals surface area contributed by atoms with Gasteiger partial charge in [0.1, 0.15) is 6.10 Å². The van der Waals surface area contributed by atoms with Gasteiger partial charge in [0.15, 0.2) is 12.5 Å². The Labute approximate surface area is 159 Å². The van der Waals surface area contributed by atoms with Crippen molar-refractivity contribution in [3.05, 3.63) is 0 Å². The Hall–Kier alpha value is -1.30. The average molecular weight is 391 g/mol. The quantitative estimate of drug-likeness (QED) is 0.255. The number of carbonyl (C=O) groups excluding carboxylic acids is 2.